The van der Waals surface area contributed by atoms with Crippen LogP contribution in [0.2, 0.25) is 0 Å². The van der Waals surface area contributed by atoms with Gasteiger partial charge in [0.1, 0.15) is 13.2 Å². The molecule has 1 aromatic carbocycles. The summed E-state index contributed by atoms with van der Waals surface area (Å²) in [7, 11) is 0. The summed E-state index contributed by atoms with van der Waals surface area (Å²) in [5, 5.41) is 5.47. The van der Waals surface area contributed by atoms with Crippen molar-refractivity contribution in [3.63, 3.8) is 0 Å². The molecule has 0 saturated carbocycles. The Labute approximate surface area is 160 Å². The number of benzene rings is 1. The molecule has 28 heavy (non-hydrogen) atoms. The van der Waals surface area contributed by atoms with Gasteiger partial charge in [-0.1, -0.05) is 12.1 Å². The van der Waals surface area contributed by atoms with Gasteiger partial charge in [-0.2, -0.15) is 0 Å². The monoisotopic (exact) mass is 378 g/mol. The summed E-state index contributed by atoms with van der Waals surface area (Å²) in [5.41, 5.74) is 1.23. The van der Waals surface area contributed by atoms with Crippen molar-refractivity contribution in [1.29, 1.82) is 0 Å². The zero-order valence-corrected chi connectivity index (χ0v) is 15.0. The van der Waals surface area contributed by atoms with Crippen LogP contribution in [0.25, 0.3) is 5.52 Å². The van der Waals surface area contributed by atoms with E-state index in [2.05, 4.69) is 22.2 Å². The molecule has 1 aliphatic heterocycles. The third kappa shape index (κ3) is 3.27. The maximum atomic E-state index is 12.8. The van der Waals surface area contributed by atoms with Crippen LogP contribution >= 0.6 is 0 Å². The van der Waals surface area contributed by atoms with Gasteiger partial charge in [0.15, 0.2) is 17.2 Å². The van der Waals surface area contributed by atoms with Crippen molar-refractivity contribution in [1.82, 2.24) is 14.7 Å². The zero-order chi connectivity index (χ0) is 19.5. The molecule has 0 fully saturated rings. The second kappa shape index (κ2) is 7.43. The van der Waals surface area contributed by atoms with Gasteiger partial charge in [-0.05, 0) is 24.3 Å². The number of ether oxygens (including phenoxy) is 2. The lowest BCUT2D eigenvalue weighted by molar-refractivity contribution is 0.0947. The van der Waals surface area contributed by atoms with Crippen LogP contribution in [-0.4, -0.2) is 41.0 Å². The second-order valence-corrected chi connectivity index (χ2v) is 6.05. The van der Waals surface area contributed by atoms with E-state index in [-0.39, 0.29) is 17.4 Å². The van der Waals surface area contributed by atoms with Crippen molar-refractivity contribution >= 4 is 23.0 Å². The lowest BCUT2D eigenvalue weighted by Crippen LogP contribution is -2.25. The van der Waals surface area contributed by atoms with Crippen molar-refractivity contribution in [2.45, 2.75) is 0 Å². The molecule has 1 aliphatic rings. The molecule has 0 atom stereocenters. The average molecular weight is 378 g/mol. The molecule has 2 aromatic heterocycles. The first-order chi connectivity index (χ1) is 13.7. The highest BCUT2D eigenvalue weighted by molar-refractivity contribution is 6.09. The summed E-state index contributed by atoms with van der Waals surface area (Å²) in [6.45, 7) is 4.83. The van der Waals surface area contributed by atoms with Crippen LogP contribution in [0.15, 0.2) is 55.3 Å². The minimum absolute atomic E-state index is 0.129. The summed E-state index contributed by atoms with van der Waals surface area (Å²) in [6, 6.07) is 10.4. The summed E-state index contributed by atoms with van der Waals surface area (Å²) >= 11 is 0. The maximum absolute atomic E-state index is 12.8. The maximum Gasteiger partial charge on any atom is 0.287 e. The number of amides is 2. The Morgan fingerprint density at radius 3 is 2.79 bits per heavy atom. The van der Waals surface area contributed by atoms with E-state index >= 15 is 0 Å². The topological polar surface area (TPSA) is 94.0 Å². The van der Waals surface area contributed by atoms with Crippen LogP contribution in [0.5, 0.6) is 11.5 Å². The van der Waals surface area contributed by atoms with Gasteiger partial charge in [-0.15, -0.1) is 6.58 Å². The minimum atomic E-state index is -0.428. The largest absolute Gasteiger partial charge is 0.486 e. The number of carbonyl (C=O) groups is 2. The van der Waals surface area contributed by atoms with Crippen LogP contribution < -0.4 is 20.1 Å². The third-order valence-corrected chi connectivity index (χ3v) is 4.17. The summed E-state index contributed by atoms with van der Waals surface area (Å²) in [6.07, 6.45) is 3.26. The number of pyridine rings is 1. The van der Waals surface area contributed by atoms with Crippen molar-refractivity contribution in [3.05, 3.63) is 66.8 Å². The predicted octanol–water partition coefficient (Wildman–Crippen LogP) is 2.27. The minimum Gasteiger partial charge on any atom is -0.486 e. The molecule has 8 heteroatoms. The highest BCUT2D eigenvalue weighted by Gasteiger charge is 2.22. The van der Waals surface area contributed by atoms with Gasteiger partial charge >= 0.3 is 0 Å². The number of aromatic nitrogens is 2. The normalized spacial score (nSPS) is 12.4. The number of carbonyl (C=O) groups excluding carboxylic acids is 2. The quantitative estimate of drug-likeness (QED) is 0.665. The summed E-state index contributed by atoms with van der Waals surface area (Å²) in [5.74, 6) is 0.522. The number of nitrogens with zero attached hydrogens (tertiary/aromatic N) is 2. The third-order valence-electron chi connectivity index (χ3n) is 4.17. The van der Waals surface area contributed by atoms with E-state index in [1.807, 2.05) is 0 Å². The van der Waals surface area contributed by atoms with E-state index in [9.17, 15) is 9.59 Å². The van der Waals surface area contributed by atoms with Gasteiger partial charge in [-0.3, -0.25) is 14.0 Å². The van der Waals surface area contributed by atoms with Gasteiger partial charge in [-0.25, -0.2) is 4.98 Å². The van der Waals surface area contributed by atoms with E-state index in [0.29, 0.717) is 42.5 Å². The molecule has 2 N–H and O–H groups in total. The van der Waals surface area contributed by atoms with E-state index in [1.165, 1.54) is 0 Å². The first kappa shape index (κ1) is 17.6. The lowest BCUT2D eigenvalue weighted by Gasteiger charge is -2.18. The highest BCUT2D eigenvalue weighted by atomic mass is 16.6. The Morgan fingerprint density at radius 2 is 1.96 bits per heavy atom. The van der Waals surface area contributed by atoms with E-state index < -0.39 is 5.91 Å². The fourth-order valence-electron chi connectivity index (χ4n) is 2.92. The number of hydrogen-bond acceptors (Lipinski definition) is 5. The van der Waals surface area contributed by atoms with Crippen LogP contribution in [0, 0.1) is 0 Å². The molecule has 142 valence electrons. The second-order valence-electron chi connectivity index (χ2n) is 6.05. The Kier molecular flexibility index (Phi) is 4.67. The molecule has 8 nitrogen and oxygen atoms in total. The molecule has 0 bridgehead atoms. The Balaban J connectivity index is 1.64. The van der Waals surface area contributed by atoms with Gasteiger partial charge in [0.25, 0.3) is 11.8 Å². The fourth-order valence-corrected chi connectivity index (χ4v) is 2.92. The Bertz CT molecular complexity index is 1070. The van der Waals surface area contributed by atoms with Crippen molar-refractivity contribution in [2.75, 3.05) is 25.1 Å². The summed E-state index contributed by atoms with van der Waals surface area (Å²) < 4.78 is 12.6. The van der Waals surface area contributed by atoms with Crippen LogP contribution in [0.1, 0.15) is 21.1 Å². The number of rotatable bonds is 5. The molecule has 0 radical (unpaired) electrons. The van der Waals surface area contributed by atoms with E-state index in [1.54, 1.807) is 53.1 Å². The molecule has 2 amide bonds. The van der Waals surface area contributed by atoms with Crippen LogP contribution in [0.3, 0.4) is 0 Å². The molecular formula is C20H18N4O4. The molecule has 0 saturated heterocycles. The predicted molar refractivity (Wildman–Crippen MR) is 103 cm³/mol. The van der Waals surface area contributed by atoms with Gasteiger partial charge in [0.2, 0.25) is 5.82 Å². The molecule has 0 spiro atoms. The average Bonchev–Trinajstić information content (AvgIpc) is 3.12. The van der Waals surface area contributed by atoms with E-state index in [0.717, 1.165) is 0 Å². The number of hydrogen-bond donors (Lipinski definition) is 2. The highest BCUT2D eigenvalue weighted by Crippen LogP contribution is 2.32. The molecule has 3 aromatic rings. The van der Waals surface area contributed by atoms with Gasteiger partial charge in [0, 0.05) is 24.5 Å². The lowest BCUT2D eigenvalue weighted by atomic mass is 10.2. The Hall–Kier alpha value is -3.81. The van der Waals surface area contributed by atoms with Crippen LogP contribution in [0.4, 0.5) is 5.69 Å². The zero-order valence-electron chi connectivity index (χ0n) is 15.0. The van der Waals surface area contributed by atoms with E-state index in [4.69, 9.17) is 9.47 Å². The molecule has 3 heterocycles. The first-order valence-electron chi connectivity index (χ1n) is 8.74. The molecular weight excluding hydrogens is 360 g/mol. The molecule has 4 rings (SSSR count). The SMILES string of the molecule is C=CCNC(=O)c1nc(C(=O)Nc2ccc3c(c2)OCCO3)c2ccccn12. The molecule has 0 unspecified atom stereocenters. The number of anilines is 1. The van der Waals surface area contributed by atoms with Gasteiger partial charge < -0.3 is 20.1 Å². The number of imidazole rings is 1. The standard InChI is InChI=1S/C20H18N4O4/c1-2-8-21-20(26)18-23-17(14-5-3-4-9-24(14)18)19(25)22-13-6-7-15-16(12-13)28-11-10-27-15/h2-7,9,12H,1,8,10-11H2,(H,21,26)(H,22,25). The molecule has 0 aliphatic carbocycles. The fraction of sp³-hybridized carbons (Fsp3) is 0.150. The van der Waals surface area contributed by atoms with Crippen molar-refractivity contribution in [3.8, 4) is 11.5 Å². The number of fused-ring (bicyclic) bond motifs is 2. The first-order valence-corrected chi connectivity index (χ1v) is 8.74. The Morgan fingerprint density at radius 1 is 1.14 bits per heavy atom. The van der Waals surface area contributed by atoms with Crippen LogP contribution in [-0.2, 0) is 0 Å². The summed E-state index contributed by atoms with van der Waals surface area (Å²) in [4.78, 5) is 29.5. The van der Waals surface area contributed by atoms with Crippen molar-refractivity contribution in [2.24, 2.45) is 0 Å². The number of nitrogens with one attached hydrogen (secondary N) is 2. The smallest absolute Gasteiger partial charge is 0.287 e. The van der Waals surface area contributed by atoms with Gasteiger partial charge in [0.05, 0.1) is 5.52 Å². The van der Waals surface area contributed by atoms with Crippen molar-refractivity contribution < 1.29 is 19.1 Å².